The van der Waals surface area contributed by atoms with Crippen molar-refractivity contribution in [2.24, 2.45) is 5.92 Å². The first-order chi connectivity index (χ1) is 10.0. The first-order valence-corrected chi connectivity index (χ1v) is 7.73. The summed E-state index contributed by atoms with van der Waals surface area (Å²) in [6.45, 7) is 6.06. The Hall–Kier alpha value is -1.62. The summed E-state index contributed by atoms with van der Waals surface area (Å²) in [5.41, 5.74) is 1.16. The van der Waals surface area contributed by atoms with Crippen molar-refractivity contribution in [1.29, 1.82) is 0 Å². The van der Waals surface area contributed by atoms with Crippen LogP contribution in [0, 0.1) is 12.8 Å². The molecule has 0 aliphatic carbocycles. The van der Waals surface area contributed by atoms with Gasteiger partial charge in [0.1, 0.15) is 5.75 Å². The molecule has 0 aromatic heterocycles. The predicted octanol–water partition coefficient (Wildman–Crippen LogP) is 2.51. The number of aryl methyl sites for hydroxylation is 1. The minimum absolute atomic E-state index is 0.0204. The molecule has 4 nitrogen and oxygen atoms in total. The lowest BCUT2D eigenvalue weighted by molar-refractivity contribution is -0.121. The van der Waals surface area contributed by atoms with E-state index in [4.69, 9.17) is 17.0 Å². The Morgan fingerprint density at radius 3 is 2.57 bits per heavy atom. The Bertz CT molecular complexity index is 494. The fourth-order valence-corrected chi connectivity index (χ4v) is 2.53. The number of carbonyl (C=O) groups is 1. The fraction of sp³-hybridized carbons (Fsp3) is 0.500. The zero-order valence-corrected chi connectivity index (χ0v) is 13.4. The maximum absolute atomic E-state index is 11.9. The van der Waals surface area contributed by atoms with Gasteiger partial charge in [0, 0.05) is 13.1 Å². The van der Waals surface area contributed by atoms with E-state index in [0.717, 1.165) is 37.4 Å². The van der Waals surface area contributed by atoms with Gasteiger partial charge in [-0.05, 0) is 50.0 Å². The van der Waals surface area contributed by atoms with Crippen LogP contribution in [-0.2, 0) is 4.79 Å². The normalized spacial score (nSPS) is 15.6. The molecule has 114 valence electrons. The zero-order valence-electron chi connectivity index (χ0n) is 12.6. The first kappa shape index (κ1) is 15.8. The maximum Gasteiger partial charge on any atom is 0.264 e. The van der Waals surface area contributed by atoms with Crippen molar-refractivity contribution in [2.45, 2.75) is 26.7 Å². The molecule has 0 bridgehead atoms. The standard InChI is InChI=1S/C16H22N2O2S/c1-12-3-5-14(6-4-12)20-11-15(19)17-16(21)18-9-7-13(2)8-10-18/h3-6,13H,7-11H2,1-2H3,(H,17,19,21). The topological polar surface area (TPSA) is 41.6 Å². The molecule has 1 N–H and O–H groups in total. The second-order valence-electron chi connectivity index (χ2n) is 5.62. The Labute approximate surface area is 131 Å². The number of amides is 1. The summed E-state index contributed by atoms with van der Waals surface area (Å²) in [5, 5.41) is 3.25. The molecule has 21 heavy (non-hydrogen) atoms. The number of carbonyl (C=O) groups excluding carboxylic acids is 1. The molecule has 1 fully saturated rings. The maximum atomic E-state index is 11.9. The van der Waals surface area contributed by atoms with Crippen LogP contribution in [-0.4, -0.2) is 35.6 Å². The molecule has 1 saturated heterocycles. The number of hydrogen-bond donors (Lipinski definition) is 1. The first-order valence-electron chi connectivity index (χ1n) is 7.33. The third-order valence-corrected chi connectivity index (χ3v) is 4.07. The number of piperidine rings is 1. The summed E-state index contributed by atoms with van der Waals surface area (Å²) in [7, 11) is 0. The van der Waals surface area contributed by atoms with Crippen molar-refractivity contribution < 1.29 is 9.53 Å². The highest BCUT2D eigenvalue weighted by Gasteiger charge is 2.19. The molecule has 1 heterocycles. The number of thiocarbonyl (C=S) groups is 1. The number of ether oxygens (including phenoxy) is 1. The van der Waals surface area contributed by atoms with Gasteiger partial charge < -0.3 is 15.0 Å². The summed E-state index contributed by atoms with van der Waals surface area (Å²) < 4.78 is 5.44. The Morgan fingerprint density at radius 1 is 1.33 bits per heavy atom. The van der Waals surface area contributed by atoms with Crippen LogP contribution in [0.3, 0.4) is 0 Å². The zero-order chi connectivity index (χ0) is 15.2. The van der Waals surface area contributed by atoms with E-state index >= 15 is 0 Å². The molecule has 0 radical (unpaired) electrons. The average molecular weight is 306 g/mol. The van der Waals surface area contributed by atoms with Crippen molar-refractivity contribution in [2.75, 3.05) is 19.7 Å². The molecule has 5 heteroatoms. The fourth-order valence-electron chi connectivity index (χ4n) is 2.23. The van der Waals surface area contributed by atoms with Gasteiger partial charge in [0.25, 0.3) is 5.91 Å². The summed E-state index contributed by atoms with van der Waals surface area (Å²) >= 11 is 5.28. The van der Waals surface area contributed by atoms with Crippen molar-refractivity contribution in [3.8, 4) is 5.75 Å². The summed E-state index contributed by atoms with van der Waals surface area (Å²) in [6.07, 6.45) is 2.24. The molecule has 0 spiro atoms. The Kier molecular flexibility index (Phi) is 5.56. The van der Waals surface area contributed by atoms with Crippen molar-refractivity contribution in [3.05, 3.63) is 29.8 Å². The van der Waals surface area contributed by atoms with Crippen LogP contribution in [0.4, 0.5) is 0 Å². The smallest absolute Gasteiger partial charge is 0.264 e. The number of likely N-dealkylation sites (tertiary alicyclic amines) is 1. The molecule has 0 atom stereocenters. The third-order valence-electron chi connectivity index (χ3n) is 3.71. The molecule has 0 unspecified atom stereocenters. The molecule has 2 rings (SSSR count). The van der Waals surface area contributed by atoms with Crippen LogP contribution in [0.1, 0.15) is 25.3 Å². The highest BCUT2D eigenvalue weighted by Crippen LogP contribution is 2.16. The van der Waals surface area contributed by atoms with Crippen molar-refractivity contribution in [3.63, 3.8) is 0 Å². The van der Waals surface area contributed by atoms with Gasteiger partial charge in [-0.25, -0.2) is 0 Å². The van der Waals surface area contributed by atoms with Gasteiger partial charge in [0.05, 0.1) is 0 Å². The van der Waals surface area contributed by atoms with E-state index in [1.165, 1.54) is 0 Å². The van der Waals surface area contributed by atoms with Crippen LogP contribution in [0.15, 0.2) is 24.3 Å². The van der Waals surface area contributed by atoms with Gasteiger partial charge in [0.15, 0.2) is 11.7 Å². The number of nitrogens with one attached hydrogen (secondary N) is 1. The minimum Gasteiger partial charge on any atom is -0.484 e. The quantitative estimate of drug-likeness (QED) is 0.871. The van der Waals surface area contributed by atoms with E-state index in [9.17, 15) is 4.79 Å². The van der Waals surface area contributed by atoms with Gasteiger partial charge in [-0.2, -0.15) is 0 Å². The molecular weight excluding hydrogens is 284 g/mol. The summed E-state index contributed by atoms with van der Waals surface area (Å²) in [5.74, 6) is 1.22. The summed E-state index contributed by atoms with van der Waals surface area (Å²) in [4.78, 5) is 13.9. The summed E-state index contributed by atoms with van der Waals surface area (Å²) in [6, 6.07) is 7.61. The van der Waals surface area contributed by atoms with E-state index in [-0.39, 0.29) is 12.5 Å². The van der Waals surface area contributed by atoms with Crippen LogP contribution >= 0.6 is 12.2 Å². The SMILES string of the molecule is Cc1ccc(OCC(=O)NC(=S)N2CCC(C)CC2)cc1. The molecule has 0 saturated carbocycles. The van der Waals surface area contributed by atoms with Gasteiger partial charge in [0.2, 0.25) is 0 Å². The van der Waals surface area contributed by atoms with Crippen LogP contribution in [0.25, 0.3) is 0 Å². The molecule has 1 aliphatic heterocycles. The van der Waals surface area contributed by atoms with E-state index in [1.54, 1.807) is 0 Å². The molecule has 1 amide bonds. The lowest BCUT2D eigenvalue weighted by Crippen LogP contribution is -2.47. The van der Waals surface area contributed by atoms with Crippen LogP contribution in [0.5, 0.6) is 5.75 Å². The highest BCUT2D eigenvalue weighted by atomic mass is 32.1. The number of nitrogens with zero attached hydrogens (tertiary/aromatic N) is 1. The van der Waals surface area contributed by atoms with Gasteiger partial charge in [-0.15, -0.1) is 0 Å². The van der Waals surface area contributed by atoms with Gasteiger partial charge in [-0.1, -0.05) is 24.6 Å². The largest absolute Gasteiger partial charge is 0.484 e. The van der Waals surface area contributed by atoms with Crippen molar-refractivity contribution >= 4 is 23.2 Å². The second-order valence-corrected chi connectivity index (χ2v) is 6.01. The van der Waals surface area contributed by atoms with E-state index in [0.29, 0.717) is 10.9 Å². The highest BCUT2D eigenvalue weighted by molar-refractivity contribution is 7.80. The third kappa shape index (κ3) is 5.01. The van der Waals surface area contributed by atoms with E-state index < -0.39 is 0 Å². The molecule has 1 aromatic rings. The monoisotopic (exact) mass is 306 g/mol. The lowest BCUT2D eigenvalue weighted by atomic mass is 10.00. The van der Waals surface area contributed by atoms with Crippen molar-refractivity contribution in [1.82, 2.24) is 10.2 Å². The average Bonchev–Trinajstić information content (AvgIpc) is 2.47. The lowest BCUT2D eigenvalue weighted by Gasteiger charge is -2.32. The minimum atomic E-state index is -0.209. The molecule has 1 aromatic carbocycles. The Morgan fingerprint density at radius 2 is 1.95 bits per heavy atom. The second kappa shape index (κ2) is 7.41. The van der Waals surface area contributed by atoms with Gasteiger partial charge >= 0.3 is 0 Å². The van der Waals surface area contributed by atoms with Crippen LogP contribution in [0.2, 0.25) is 0 Å². The van der Waals surface area contributed by atoms with Crippen LogP contribution < -0.4 is 10.1 Å². The van der Waals surface area contributed by atoms with Gasteiger partial charge in [-0.3, -0.25) is 4.79 Å². The number of benzene rings is 1. The van der Waals surface area contributed by atoms with E-state index in [2.05, 4.69) is 17.1 Å². The van der Waals surface area contributed by atoms with E-state index in [1.807, 2.05) is 31.2 Å². The number of rotatable bonds is 3. The molecule has 1 aliphatic rings. The Balaban J connectivity index is 1.74. The predicted molar refractivity (Wildman–Crippen MR) is 87.4 cm³/mol. The molecular formula is C16H22N2O2S. The number of hydrogen-bond acceptors (Lipinski definition) is 3.